The fraction of sp³-hybridized carbons (Fsp3) is 0.812. The minimum atomic E-state index is 0.621. The molecule has 0 bridgehead atoms. The predicted octanol–water partition coefficient (Wildman–Crippen LogP) is 1.91. The van der Waals surface area contributed by atoms with Crippen molar-refractivity contribution in [3.05, 3.63) is 11.6 Å². The van der Waals surface area contributed by atoms with Crippen LogP contribution >= 0.6 is 11.8 Å². The molecule has 128 valence electrons. The number of fused-ring (bicyclic) bond motifs is 1. The minimum absolute atomic E-state index is 0.621. The normalized spacial score (nSPS) is 22.1. The van der Waals surface area contributed by atoms with Gasteiger partial charge in [0.25, 0.3) is 0 Å². The van der Waals surface area contributed by atoms with Crippen LogP contribution in [0.3, 0.4) is 0 Å². The zero-order chi connectivity index (χ0) is 16.1. The Morgan fingerprint density at radius 2 is 2.22 bits per heavy atom. The lowest BCUT2D eigenvalue weighted by Crippen LogP contribution is -2.48. The number of nitrogens with one attached hydrogen (secondary N) is 1. The van der Waals surface area contributed by atoms with Crippen molar-refractivity contribution in [1.82, 2.24) is 25.0 Å². The smallest absolute Gasteiger partial charge is 0.194 e. The molecular weight excluding hydrogens is 308 g/mol. The fourth-order valence-electron chi connectivity index (χ4n) is 3.22. The Morgan fingerprint density at radius 3 is 3.04 bits per heavy atom. The maximum absolute atomic E-state index is 4.86. The summed E-state index contributed by atoms with van der Waals surface area (Å²) in [5, 5.41) is 12.9. The van der Waals surface area contributed by atoms with Crippen LogP contribution in [-0.4, -0.2) is 56.3 Å². The van der Waals surface area contributed by atoms with Crippen molar-refractivity contribution in [2.24, 2.45) is 4.99 Å². The lowest BCUT2D eigenvalue weighted by molar-refractivity contribution is 0.407. The van der Waals surface area contributed by atoms with Crippen molar-refractivity contribution >= 4 is 17.7 Å². The molecule has 3 heterocycles. The molecule has 2 aliphatic rings. The first-order chi connectivity index (χ1) is 11.3. The fourth-order valence-corrected chi connectivity index (χ4v) is 4.40. The second-order valence-electron chi connectivity index (χ2n) is 6.16. The molecule has 1 aromatic heterocycles. The van der Waals surface area contributed by atoms with Crippen LogP contribution in [0.2, 0.25) is 0 Å². The highest BCUT2D eigenvalue weighted by molar-refractivity contribution is 8.00. The van der Waals surface area contributed by atoms with Gasteiger partial charge in [-0.2, -0.15) is 11.8 Å². The molecule has 3 rings (SSSR count). The summed E-state index contributed by atoms with van der Waals surface area (Å²) < 4.78 is 2.26. The van der Waals surface area contributed by atoms with E-state index in [1.54, 1.807) is 0 Å². The van der Waals surface area contributed by atoms with Crippen molar-refractivity contribution < 1.29 is 0 Å². The third-order valence-corrected chi connectivity index (χ3v) is 5.91. The highest BCUT2D eigenvalue weighted by Gasteiger charge is 2.22. The van der Waals surface area contributed by atoms with E-state index in [4.69, 9.17) is 4.99 Å². The molecule has 1 atom stereocenters. The van der Waals surface area contributed by atoms with Gasteiger partial charge >= 0.3 is 0 Å². The number of hydrogen-bond acceptors (Lipinski definition) is 4. The van der Waals surface area contributed by atoms with E-state index in [1.165, 1.54) is 25.0 Å². The summed E-state index contributed by atoms with van der Waals surface area (Å²) >= 11 is 2.09. The van der Waals surface area contributed by atoms with E-state index < -0.39 is 0 Å². The molecule has 2 aliphatic heterocycles. The number of nitrogens with zero attached hydrogens (tertiary/aromatic N) is 5. The molecule has 0 spiro atoms. The van der Waals surface area contributed by atoms with Gasteiger partial charge in [-0.25, -0.2) is 4.99 Å². The van der Waals surface area contributed by atoms with Crippen LogP contribution in [0.1, 0.15) is 44.8 Å². The van der Waals surface area contributed by atoms with Crippen LogP contribution in [-0.2, 0) is 19.5 Å². The Labute approximate surface area is 143 Å². The van der Waals surface area contributed by atoms with Gasteiger partial charge in [0.15, 0.2) is 11.8 Å². The summed E-state index contributed by atoms with van der Waals surface area (Å²) in [5.41, 5.74) is 0. The van der Waals surface area contributed by atoms with Crippen LogP contribution in [0, 0.1) is 0 Å². The highest BCUT2D eigenvalue weighted by atomic mass is 32.2. The van der Waals surface area contributed by atoms with E-state index in [-0.39, 0.29) is 0 Å². The lowest BCUT2D eigenvalue weighted by atomic mass is 10.2. The van der Waals surface area contributed by atoms with Crippen molar-refractivity contribution in [3.63, 3.8) is 0 Å². The SMILES string of the molecule is CCNC(=NCc1nnc2n1CCCC2)N1CCSC(CC)C1. The number of aliphatic imine (C=N–C) groups is 1. The molecule has 7 heteroatoms. The Bertz CT molecular complexity index is 541. The molecule has 6 nitrogen and oxygen atoms in total. The Balaban J connectivity index is 1.70. The zero-order valence-corrected chi connectivity index (χ0v) is 15.1. The average molecular weight is 337 g/mol. The van der Waals surface area contributed by atoms with Crippen molar-refractivity contribution in [2.75, 3.05) is 25.4 Å². The van der Waals surface area contributed by atoms with E-state index >= 15 is 0 Å². The van der Waals surface area contributed by atoms with Gasteiger partial charge in [-0.15, -0.1) is 10.2 Å². The van der Waals surface area contributed by atoms with Gasteiger partial charge in [0, 0.05) is 43.6 Å². The Hall–Kier alpha value is -1.24. The number of aryl methyl sites for hydroxylation is 1. The number of hydrogen-bond donors (Lipinski definition) is 1. The number of guanidine groups is 1. The molecule has 1 N–H and O–H groups in total. The topological polar surface area (TPSA) is 58.3 Å². The van der Waals surface area contributed by atoms with Crippen molar-refractivity contribution in [2.45, 2.75) is 57.9 Å². The molecule has 1 unspecified atom stereocenters. The van der Waals surface area contributed by atoms with E-state index in [0.29, 0.717) is 11.8 Å². The second-order valence-corrected chi connectivity index (χ2v) is 7.57. The largest absolute Gasteiger partial charge is 0.357 e. The van der Waals surface area contributed by atoms with Crippen LogP contribution in [0.15, 0.2) is 4.99 Å². The molecule has 0 aliphatic carbocycles. The molecular formula is C16H28N6S. The van der Waals surface area contributed by atoms with Gasteiger partial charge < -0.3 is 14.8 Å². The van der Waals surface area contributed by atoms with Gasteiger partial charge in [-0.3, -0.25) is 0 Å². The number of rotatable bonds is 4. The maximum atomic E-state index is 4.86. The van der Waals surface area contributed by atoms with Gasteiger partial charge in [-0.1, -0.05) is 6.92 Å². The van der Waals surface area contributed by atoms with Gasteiger partial charge in [0.1, 0.15) is 12.4 Å². The number of aromatic nitrogens is 3. The molecule has 1 saturated heterocycles. The van der Waals surface area contributed by atoms with Crippen LogP contribution in [0.25, 0.3) is 0 Å². The van der Waals surface area contributed by atoms with Gasteiger partial charge in [0.2, 0.25) is 0 Å². The summed E-state index contributed by atoms with van der Waals surface area (Å²) in [7, 11) is 0. The summed E-state index contributed by atoms with van der Waals surface area (Å²) in [6.07, 6.45) is 4.73. The standard InChI is InChI=1S/C16H28N6S/c1-3-13-12-21(9-10-23-13)16(17-4-2)18-11-15-20-19-14-7-5-6-8-22(14)15/h13H,3-12H2,1-2H3,(H,17,18). The Kier molecular flexibility index (Phi) is 5.80. The molecule has 23 heavy (non-hydrogen) atoms. The van der Waals surface area contributed by atoms with E-state index in [9.17, 15) is 0 Å². The maximum Gasteiger partial charge on any atom is 0.194 e. The average Bonchev–Trinajstić information content (AvgIpc) is 3.02. The first-order valence-electron chi connectivity index (χ1n) is 8.87. The monoisotopic (exact) mass is 336 g/mol. The summed E-state index contributed by atoms with van der Waals surface area (Å²) in [6, 6.07) is 0. The van der Waals surface area contributed by atoms with Crippen LogP contribution < -0.4 is 5.32 Å². The first kappa shape index (κ1) is 16.6. The van der Waals surface area contributed by atoms with Crippen molar-refractivity contribution in [1.29, 1.82) is 0 Å². The van der Waals surface area contributed by atoms with Gasteiger partial charge in [0.05, 0.1) is 0 Å². The lowest BCUT2D eigenvalue weighted by Gasteiger charge is -2.34. The summed E-state index contributed by atoms with van der Waals surface area (Å²) in [4.78, 5) is 7.26. The zero-order valence-electron chi connectivity index (χ0n) is 14.3. The van der Waals surface area contributed by atoms with Crippen LogP contribution in [0.4, 0.5) is 0 Å². The van der Waals surface area contributed by atoms with Gasteiger partial charge in [-0.05, 0) is 26.2 Å². The second kappa shape index (κ2) is 8.04. The third-order valence-electron chi connectivity index (χ3n) is 4.53. The molecule has 0 saturated carbocycles. The molecule has 1 fully saturated rings. The van der Waals surface area contributed by atoms with Crippen LogP contribution in [0.5, 0.6) is 0 Å². The van der Waals surface area contributed by atoms with Crippen molar-refractivity contribution in [3.8, 4) is 0 Å². The quantitative estimate of drug-likeness (QED) is 0.672. The highest BCUT2D eigenvalue weighted by Crippen LogP contribution is 2.21. The summed E-state index contributed by atoms with van der Waals surface area (Å²) in [6.45, 7) is 9.13. The first-order valence-corrected chi connectivity index (χ1v) is 9.92. The molecule has 1 aromatic rings. The molecule has 0 radical (unpaired) electrons. The molecule has 0 aromatic carbocycles. The molecule has 0 amide bonds. The van der Waals surface area contributed by atoms with E-state index in [0.717, 1.165) is 50.2 Å². The summed E-state index contributed by atoms with van der Waals surface area (Å²) in [5.74, 6) is 4.35. The Morgan fingerprint density at radius 1 is 1.30 bits per heavy atom. The minimum Gasteiger partial charge on any atom is -0.357 e. The van der Waals surface area contributed by atoms with E-state index in [2.05, 4.69) is 50.6 Å². The van der Waals surface area contributed by atoms with E-state index in [1.807, 2.05) is 0 Å². The third kappa shape index (κ3) is 4.00. The predicted molar refractivity (Wildman–Crippen MR) is 95.9 cm³/mol. The number of thioether (sulfide) groups is 1.